The zero-order valence-corrected chi connectivity index (χ0v) is 16.3. The number of piperidine rings is 1. The van der Waals surface area contributed by atoms with E-state index in [1.54, 1.807) is 6.07 Å². The van der Waals surface area contributed by atoms with Gasteiger partial charge in [-0.15, -0.1) is 11.3 Å². The molecule has 2 heterocycles. The number of sulfonamides is 1. The summed E-state index contributed by atoms with van der Waals surface area (Å²) in [6, 6.07) is 7.24. The Kier molecular flexibility index (Phi) is 5.64. The Bertz CT molecular complexity index is 960. The Labute approximate surface area is 161 Å². The number of aromatic carboxylic acids is 1. The van der Waals surface area contributed by atoms with Gasteiger partial charge >= 0.3 is 5.97 Å². The molecule has 2 aromatic rings. The van der Waals surface area contributed by atoms with Crippen LogP contribution in [0, 0.1) is 5.92 Å². The van der Waals surface area contributed by atoms with Crippen molar-refractivity contribution in [2.45, 2.75) is 24.7 Å². The molecule has 0 bridgehead atoms. The second kappa shape index (κ2) is 7.79. The Morgan fingerprint density at radius 1 is 1.22 bits per heavy atom. The standard InChI is InChI=1S/C18H20N2O5S2/c1-12-5-7-20(8-6-12)27(24,25)15-10-16(26-11-15)17(21)19-14-4-2-3-13(9-14)18(22)23/h2-4,9-12H,5-8H2,1H3,(H,19,21)(H,22,23). The number of carboxylic acids is 1. The van der Waals surface area contributed by atoms with Crippen LogP contribution in [0.3, 0.4) is 0 Å². The van der Waals surface area contributed by atoms with E-state index in [2.05, 4.69) is 12.2 Å². The monoisotopic (exact) mass is 408 g/mol. The highest BCUT2D eigenvalue weighted by Gasteiger charge is 2.29. The topological polar surface area (TPSA) is 104 Å². The van der Waals surface area contributed by atoms with Gasteiger partial charge in [-0.3, -0.25) is 4.79 Å². The number of amides is 1. The molecule has 1 aromatic carbocycles. The van der Waals surface area contributed by atoms with E-state index in [4.69, 9.17) is 5.11 Å². The highest BCUT2D eigenvalue weighted by molar-refractivity contribution is 7.89. The van der Waals surface area contributed by atoms with Crippen LogP contribution in [0.4, 0.5) is 5.69 Å². The molecule has 3 rings (SSSR count). The molecular formula is C18H20N2O5S2. The van der Waals surface area contributed by atoms with Crippen molar-refractivity contribution in [2.75, 3.05) is 18.4 Å². The van der Waals surface area contributed by atoms with E-state index in [0.29, 0.717) is 24.7 Å². The molecule has 0 atom stereocenters. The molecule has 0 aliphatic carbocycles. The molecule has 144 valence electrons. The lowest BCUT2D eigenvalue weighted by molar-refractivity contribution is 0.0696. The predicted molar refractivity (Wildman–Crippen MR) is 103 cm³/mol. The lowest BCUT2D eigenvalue weighted by Gasteiger charge is -2.29. The quantitative estimate of drug-likeness (QED) is 0.791. The molecule has 0 unspecified atom stereocenters. The first kappa shape index (κ1) is 19.5. The summed E-state index contributed by atoms with van der Waals surface area (Å²) >= 11 is 1.04. The third-order valence-electron chi connectivity index (χ3n) is 4.55. The molecule has 1 amide bonds. The predicted octanol–water partition coefficient (Wildman–Crippen LogP) is 3.12. The minimum atomic E-state index is -3.60. The van der Waals surface area contributed by atoms with Crippen molar-refractivity contribution in [3.63, 3.8) is 0 Å². The molecule has 7 nitrogen and oxygen atoms in total. The molecule has 9 heteroatoms. The molecule has 1 aliphatic heterocycles. The van der Waals surface area contributed by atoms with E-state index >= 15 is 0 Å². The molecule has 1 aliphatic rings. The number of carbonyl (C=O) groups is 2. The number of thiophene rings is 1. The first-order valence-electron chi connectivity index (χ1n) is 8.51. The van der Waals surface area contributed by atoms with Crippen molar-refractivity contribution in [1.29, 1.82) is 0 Å². The lowest BCUT2D eigenvalue weighted by Crippen LogP contribution is -2.37. The maximum absolute atomic E-state index is 12.7. The molecule has 2 N–H and O–H groups in total. The van der Waals surface area contributed by atoms with Crippen molar-refractivity contribution < 1.29 is 23.1 Å². The first-order chi connectivity index (χ1) is 12.8. The highest BCUT2D eigenvalue weighted by Crippen LogP contribution is 2.27. The summed E-state index contributed by atoms with van der Waals surface area (Å²) in [5, 5.41) is 13.1. The summed E-state index contributed by atoms with van der Waals surface area (Å²) in [6.07, 6.45) is 1.66. The summed E-state index contributed by atoms with van der Waals surface area (Å²) in [6.45, 7) is 3.09. The van der Waals surface area contributed by atoms with Crippen LogP contribution in [0.25, 0.3) is 0 Å². The summed E-state index contributed by atoms with van der Waals surface area (Å²) in [5.41, 5.74) is 0.393. The maximum Gasteiger partial charge on any atom is 0.335 e. The number of carboxylic acid groups (broad SMARTS) is 1. The fourth-order valence-corrected chi connectivity index (χ4v) is 5.50. The van der Waals surface area contributed by atoms with E-state index in [1.807, 2.05) is 0 Å². The number of benzene rings is 1. The van der Waals surface area contributed by atoms with Gasteiger partial charge in [0.2, 0.25) is 10.0 Å². The molecule has 0 radical (unpaired) electrons. The number of rotatable bonds is 5. The Morgan fingerprint density at radius 2 is 1.93 bits per heavy atom. The molecule has 1 aromatic heterocycles. The Balaban J connectivity index is 1.74. The van der Waals surface area contributed by atoms with Gasteiger partial charge in [-0.1, -0.05) is 13.0 Å². The molecule has 1 fully saturated rings. The normalized spacial score (nSPS) is 16.2. The molecule has 0 spiro atoms. The molecular weight excluding hydrogens is 388 g/mol. The third-order valence-corrected chi connectivity index (χ3v) is 7.50. The van der Waals surface area contributed by atoms with Gasteiger partial charge in [-0.05, 0) is 43.0 Å². The number of hydrogen-bond donors (Lipinski definition) is 2. The summed E-state index contributed by atoms with van der Waals surface area (Å²) in [4.78, 5) is 23.8. The van der Waals surface area contributed by atoms with Crippen molar-refractivity contribution in [2.24, 2.45) is 5.92 Å². The Hall–Kier alpha value is -2.23. The summed E-state index contributed by atoms with van der Waals surface area (Å²) in [5.74, 6) is -1.05. The number of carbonyl (C=O) groups excluding carboxylic acids is 1. The average Bonchev–Trinajstić information content (AvgIpc) is 3.13. The van der Waals surface area contributed by atoms with E-state index in [9.17, 15) is 18.0 Å². The summed E-state index contributed by atoms with van der Waals surface area (Å²) < 4.78 is 27.0. The minimum absolute atomic E-state index is 0.0570. The molecule has 1 saturated heterocycles. The van der Waals surface area contributed by atoms with Crippen LogP contribution < -0.4 is 5.32 Å². The van der Waals surface area contributed by atoms with Crippen molar-refractivity contribution in [3.05, 3.63) is 46.2 Å². The third kappa shape index (κ3) is 4.37. The van der Waals surface area contributed by atoms with Gasteiger partial charge in [0.15, 0.2) is 0 Å². The number of nitrogens with zero attached hydrogens (tertiary/aromatic N) is 1. The first-order valence-corrected chi connectivity index (χ1v) is 10.8. The molecule has 27 heavy (non-hydrogen) atoms. The second-order valence-electron chi connectivity index (χ2n) is 6.57. The maximum atomic E-state index is 12.7. The van der Waals surface area contributed by atoms with Crippen LogP contribution in [0.5, 0.6) is 0 Å². The van der Waals surface area contributed by atoms with E-state index in [-0.39, 0.29) is 15.3 Å². The van der Waals surface area contributed by atoms with Gasteiger partial charge in [-0.2, -0.15) is 4.31 Å². The smallest absolute Gasteiger partial charge is 0.335 e. The van der Waals surface area contributed by atoms with Crippen LogP contribution in [0.1, 0.15) is 39.8 Å². The fraction of sp³-hybridized carbons (Fsp3) is 0.333. The van der Waals surface area contributed by atoms with Gasteiger partial charge in [-0.25, -0.2) is 13.2 Å². The number of anilines is 1. The van der Waals surface area contributed by atoms with Crippen LogP contribution >= 0.6 is 11.3 Å². The molecule has 0 saturated carbocycles. The van der Waals surface area contributed by atoms with Gasteiger partial charge < -0.3 is 10.4 Å². The van der Waals surface area contributed by atoms with Crippen molar-refractivity contribution >= 4 is 38.9 Å². The lowest BCUT2D eigenvalue weighted by atomic mass is 10.0. The highest BCUT2D eigenvalue weighted by atomic mass is 32.2. The number of hydrogen-bond acceptors (Lipinski definition) is 5. The van der Waals surface area contributed by atoms with Crippen LogP contribution in [0.15, 0.2) is 40.6 Å². The van der Waals surface area contributed by atoms with Crippen LogP contribution in [-0.2, 0) is 10.0 Å². The summed E-state index contributed by atoms with van der Waals surface area (Å²) in [7, 11) is -3.60. The number of nitrogens with one attached hydrogen (secondary N) is 1. The van der Waals surface area contributed by atoms with Gasteiger partial charge in [0.25, 0.3) is 5.91 Å². The van der Waals surface area contributed by atoms with E-state index in [1.165, 1.54) is 34.0 Å². The SMILES string of the molecule is CC1CCN(S(=O)(=O)c2csc(C(=O)Nc3cccc(C(=O)O)c3)c2)CC1. The second-order valence-corrected chi connectivity index (χ2v) is 9.42. The average molecular weight is 409 g/mol. The van der Waals surface area contributed by atoms with Gasteiger partial charge in [0, 0.05) is 24.2 Å². The zero-order valence-electron chi connectivity index (χ0n) is 14.7. The van der Waals surface area contributed by atoms with Crippen molar-refractivity contribution in [1.82, 2.24) is 4.31 Å². The minimum Gasteiger partial charge on any atom is -0.478 e. The van der Waals surface area contributed by atoms with Gasteiger partial charge in [0.1, 0.15) is 0 Å². The Morgan fingerprint density at radius 3 is 2.59 bits per heavy atom. The van der Waals surface area contributed by atoms with Crippen molar-refractivity contribution in [3.8, 4) is 0 Å². The van der Waals surface area contributed by atoms with Gasteiger partial charge in [0.05, 0.1) is 15.3 Å². The van der Waals surface area contributed by atoms with E-state index in [0.717, 1.165) is 24.2 Å². The van der Waals surface area contributed by atoms with Crippen LogP contribution in [-0.4, -0.2) is 42.8 Å². The largest absolute Gasteiger partial charge is 0.478 e. The van der Waals surface area contributed by atoms with Crippen LogP contribution in [0.2, 0.25) is 0 Å². The fourth-order valence-electron chi connectivity index (χ4n) is 2.87. The zero-order chi connectivity index (χ0) is 19.6. The van der Waals surface area contributed by atoms with E-state index < -0.39 is 21.9 Å².